The maximum Gasteiger partial charge on any atom is 0.417 e. The molecule has 0 aliphatic carbocycles. The number of pyridine rings is 1. The van der Waals surface area contributed by atoms with E-state index >= 15 is 0 Å². The SMILES string of the molecule is O=C(/C=C/c1c(Cl)nc2ccccn12)Nc1ccc2oc(=O)[nH]c2c1. The summed E-state index contributed by atoms with van der Waals surface area (Å²) in [7, 11) is 0. The number of aromatic nitrogens is 3. The minimum Gasteiger partial charge on any atom is -0.408 e. The fraction of sp³-hybridized carbons (Fsp3) is 0. The molecule has 2 N–H and O–H groups in total. The Morgan fingerprint density at radius 1 is 1.32 bits per heavy atom. The predicted octanol–water partition coefficient (Wildman–Crippen LogP) is 3.07. The van der Waals surface area contributed by atoms with Gasteiger partial charge in [0.2, 0.25) is 5.91 Å². The van der Waals surface area contributed by atoms with Crippen LogP contribution in [0.2, 0.25) is 5.15 Å². The van der Waals surface area contributed by atoms with Gasteiger partial charge in [0.1, 0.15) is 5.65 Å². The first-order valence-corrected chi connectivity index (χ1v) is 7.72. The number of rotatable bonds is 3. The molecule has 7 nitrogen and oxygen atoms in total. The van der Waals surface area contributed by atoms with Gasteiger partial charge in [-0.3, -0.25) is 14.2 Å². The fourth-order valence-corrected chi connectivity index (χ4v) is 2.74. The first kappa shape index (κ1) is 15.2. The largest absolute Gasteiger partial charge is 0.417 e. The Bertz CT molecular complexity index is 1190. The topological polar surface area (TPSA) is 92.4 Å². The number of fused-ring (bicyclic) bond motifs is 2. The zero-order valence-corrected chi connectivity index (χ0v) is 13.4. The van der Waals surface area contributed by atoms with Gasteiger partial charge in [0, 0.05) is 18.0 Å². The molecule has 0 spiro atoms. The third-order valence-corrected chi connectivity index (χ3v) is 3.88. The summed E-state index contributed by atoms with van der Waals surface area (Å²) in [5, 5.41) is 3.02. The van der Waals surface area contributed by atoms with Crippen LogP contribution in [0.4, 0.5) is 5.69 Å². The molecule has 0 aliphatic heterocycles. The highest BCUT2D eigenvalue weighted by atomic mass is 35.5. The third kappa shape index (κ3) is 2.92. The molecular formula is C17H11ClN4O3. The lowest BCUT2D eigenvalue weighted by Gasteiger charge is -2.01. The molecule has 0 atom stereocenters. The molecule has 8 heteroatoms. The quantitative estimate of drug-likeness (QED) is 0.553. The molecule has 3 aromatic heterocycles. The summed E-state index contributed by atoms with van der Waals surface area (Å²) in [5.74, 6) is -0.882. The molecule has 0 bridgehead atoms. The number of imidazole rings is 1. The third-order valence-electron chi connectivity index (χ3n) is 3.60. The Balaban J connectivity index is 1.57. The number of halogens is 1. The number of hydrogen-bond acceptors (Lipinski definition) is 4. The van der Waals surface area contributed by atoms with Crippen molar-refractivity contribution in [2.75, 3.05) is 5.32 Å². The molecule has 0 saturated carbocycles. The van der Waals surface area contributed by atoms with Crippen molar-refractivity contribution in [3.8, 4) is 0 Å². The second-order valence-electron chi connectivity index (χ2n) is 5.26. The number of H-pyrrole nitrogens is 1. The van der Waals surface area contributed by atoms with Crippen molar-refractivity contribution in [3.05, 3.63) is 70.1 Å². The van der Waals surface area contributed by atoms with Crippen LogP contribution in [-0.4, -0.2) is 20.3 Å². The van der Waals surface area contributed by atoms with Gasteiger partial charge in [-0.1, -0.05) is 17.7 Å². The summed E-state index contributed by atoms with van der Waals surface area (Å²) < 4.78 is 6.70. The molecule has 124 valence electrons. The van der Waals surface area contributed by atoms with Gasteiger partial charge in [-0.2, -0.15) is 0 Å². The molecule has 25 heavy (non-hydrogen) atoms. The zero-order chi connectivity index (χ0) is 17.4. The minimum atomic E-state index is -0.541. The predicted molar refractivity (Wildman–Crippen MR) is 94.7 cm³/mol. The van der Waals surface area contributed by atoms with Crippen molar-refractivity contribution in [3.63, 3.8) is 0 Å². The van der Waals surface area contributed by atoms with Crippen LogP contribution >= 0.6 is 11.6 Å². The van der Waals surface area contributed by atoms with Gasteiger partial charge in [-0.25, -0.2) is 9.78 Å². The van der Waals surface area contributed by atoms with Crippen LogP contribution in [0.1, 0.15) is 5.69 Å². The molecule has 0 fully saturated rings. The van der Waals surface area contributed by atoms with E-state index in [4.69, 9.17) is 16.0 Å². The Morgan fingerprint density at radius 3 is 3.08 bits per heavy atom. The van der Waals surface area contributed by atoms with E-state index in [1.807, 2.05) is 24.4 Å². The molecule has 3 heterocycles. The number of hydrogen-bond donors (Lipinski definition) is 2. The Kier molecular flexibility index (Phi) is 3.62. The summed E-state index contributed by atoms with van der Waals surface area (Å²) in [5.41, 5.74) is 2.78. The Labute approximate surface area is 145 Å². The fourth-order valence-electron chi connectivity index (χ4n) is 2.50. The normalized spacial score (nSPS) is 11.6. The maximum absolute atomic E-state index is 12.1. The van der Waals surface area contributed by atoms with E-state index in [0.717, 1.165) is 0 Å². The van der Waals surface area contributed by atoms with Gasteiger partial charge >= 0.3 is 5.76 Å². The highest BCUT2D eigenvalue weighted by Crippen LogP contribution is 2.19. The number of carbonyl (C=O) groups is 1. The smallest absolute Gasteiger partial charge is 0.408 e. The van der Waals surface area contributed by atoms with Crippen LogP contribution in [0.5, 0.6) is 0 Å². The zero-order valence-electron chi connectivity index (χ0n) is 12.7. The Morgan fingerprint density at radius 2 is 2.20 bits per heavy atom. The van der Waals surface area contributed by atoms with Crippen LogP contribution in [0.25, 0.3) is 22.8 Å². The second-order valence-corrected chi connectivity index (χ2v) is 5.62. The number of benzene rings is 1. The average Bonchev–Trinajstić information content (AvgIpc) is 3.10. The number of carbonyl (C=O) groups excluding carboxylic acids is 1. The molecule has 0 saturated heterocycles. The lowest BCUT2D eigenvalue weighted by atomic mass is 10.3. The number of nitrogens with zero attached hydrogens (tertiary/aromatic N) is 2. The molecular weight excluding hydrogens is 344 g/mol. The van der Waals surface area contributed by atoms with E-state index < -0.39 is 5.76 Å². The molecule has 0 aliphatic rings. The van der Waals surface area contributed by atoms with Gasteiger partial charge in [0.15, 0.2) is 10.7 Å². The summed E-state index contributed by atoms with van der Waals surface area (Å²) in [6, 6.07) is 10.4. The van der Waals surface area contributed by atoms with Gasteiger partial charge in [0.25, 0.3) is 0 Å². The molecule has 4 rings (SSSR count). The lowest BCUT2D eigenvalue weighted by Crippen LogP contribution is -2.07. The highest BCUT2D eigenvalue weighted by Gasteiger charge is 2.08. The standard InChI is InChI=1S/C17H11ClN4O3/c18-16-12(22-8-2-1-3-14(22)21-16)5-7-15(23)19-10-4-6-13-11(9-10)20-17(24)25-13/h1-9H,(H,19,23)(H,20,24)/b7-5+. The van der Waals surface area contributed by atoms with Crippen molar-refractivity contribution in [2.24, 2.45) is 0 Å². The van der Waals surface area contributed by atoms with Gasteiger partial charge < -0.3 is 9.73 Å². The molecule has 0 unspecified atom stereocenters. The van der Waals surface area contributed by atoms with E-state index in [-0.39, 0.29) is 5.91 Å². The second kappa shape index (κ2) is 5.95. The van der Waals surface area contributed by atoms with E-state index in [9.17, 15) is 9.59 Å². The van der Waals surface area contributed by atoms with Crippen molar-refractivity contribution < 1.29 is 9.21 Å². The van der Waals surface area contributed by atoms with Gasteiger partial charge in [-0.05, 0) is 36.4 Å². The van der Waals surface area contributed by atoms with Crippen LogP contribution < -0.4 is 11.1 Å². The van der Waals surface area contributed by atoms with Gasteiger partial charge in [0.05, 0.1) is 11.2 Å². The number of anilines is 1. The molecule has 0 radical (unpaired) electrons. The van der Waals surface area contributed by atoms with Crippen molar-refractivity contribution in [1.29, 1.82) is 0 Å². The molecule has 4 aromatic rings. The summed E-state index contributed by atoms with van der Waals surface area (Å²) in [6.07, 6.45) is 4.77. The molecule has 1 amide bonds. The van der Waals surface area contributed by atoms with Crippen molar-refractivity contribution >= 4 is 46.0 Å². The minimum absolute atomic E-state index is 0.313. The number of nitrogens with one attached hydrogen (secondary N) is 2. The van der Waals surface area contributed by atoms with Crippen LogP contribution in [0.3, 0.4) is 0 Å². The first-order chi connectivity index (χ1) is 12.1. The van der Waals surface area contributed by atoms with Gasteiger partial charge in [-0.15, -0.1) is 0 Å². The number of oxazole rings is 1. The van der Waals surface area contributed by atoms with Crippen molar-refractivity contribution in [2.45, 2.75) is 0 Å². The number of amides is 1. The number of aromatic amines is 1. The molecule has 1 aromatic carbocycles. The van der Waals surface area contributed by atoms with E-state index in [0.29, 0.717) is 33.3 Å². The van der Waals surface area contributed by atoms with E-state index in [1.54, 1.807) is 28.7 Å². The monoisotopic (exact) mass is 354 g/mol. The van der Waals surface area contributed by atoms with Crippen LogP contribution in [0, 0.1) is 0 Å². The maximum atomic E-state index is 12.1. The summed E-state index contributed by atoms with van der Waals surface area (Å²) in [4.78, 5) is 30.0. The average molecular weight is 355 g/mol. The van der Waals surface area contributed by atoms with Crippen molar-refractivity contribution in [1.82, 2.24) is 14.4 Å². The lowest BCUT2D eigenvalue weighted by molar-refractivity contribution is -0.111. The van der Waals surface area contributed by atoms with E-state index in [2.05, 4.69) is 15.3 Å². The first-order valence-electron chi connectivity index (χ1n) is 7.35. The summed E-state index contributed by atoms with van der Waals surface area (Å²) >= 11 is 6.12. The van der Waals surface area contributed by atoms with E-state index in [1.165, 1.54) is 6.08 Å². The Hall–Kier alpha value is -3.32. The van der Waals surface area contributed by atoms with Crippen LogP contribution in [-0.2, 0) is 4.79 Å². The highest BCUT2D eigenvalue weighted by molar-refractivity contribution is 6.31. The summed E-state index contributed by atoms with van der Waals surface area (Å²) in [6.45, 7) is 0. The van der Waals surface area contributed by atoms with Crippen LogP contribution in [0.15, 0.2) is 57.9 Å².